The molecule has 0 bridgehead atoms. The lowest BCUT2D eigenvalue weighted by molar-refractivity contribution is 0.669. The van der Waals surface area contributed by atoms with Crippen molar-refractivity contribution in [2.24, 2.45) is 0 Å². The lowest BCUT2D eigenvalue weighted by Gasteiger charge is -2.08. The summed E-state index contributed by atoms with van der Waals surface area (Å²) in [6.45, 7) is 2.07. The molecule has 152 valence electrons. The van der Waals surface area contributed by atoms with Crippen LogP contribution >= 0.6 is 0 Å². The smallest absolute Gasteiger partial charge is 0.164 e. The highest BCUT2D eigenvalue weighted by atomic mass is 16.3. The fraction of sp³-hybridized carbons (Fsp3) is 0.0357. The Morgan fingerprint density at radius 3 is 1.81 bits per heavy atom. The summed E-state index contributed by atoms with van der Waals surface area (Å²) in [6, 6.07) is 32.4. The van der Waals surface area contributed by atoms with Gasteiger partial charge >= 0.3 is 0 Å². The average molecular weight is 413 g/mol. The van der Waals surface area contributed by atoms with E-state index in [0.717, 1.165) is 38.6 Å². The van der Waals surface area contributed by atoms with E-state index < -0.39 is 0 Å². The minimum absolute atomic E-state index is 0.622. The van der Waals surface area contributed by atoms with E-state index in [-0.39, 0.29) is 0 Å². The van der Waals surface area contributed by atoms with E-state index in [1.54, 1.807) is 0 Å². The molecule has 4 heteroatoms. The zero-order valence-corrected chi connectivity index (χ0v) is 17.5. The van der Waals surface area contributed by atoms with Crippen molar-refractivity contribution in [1.29, 1.82) is 0 Å². The Bertz CT molecular complexity index is 1570. The molecule has 0 amide bonds. The second-order valence-corrected chi connectivity index (χ2v) is 7.85. The van der Waals surface area contributed by atoms with Gasteiger partial charge in [-0.05, 0) is 25.1 Å². The molecule has 0 atom stereocenters. The topological polar surface area (TPSA) is 51.8 Å². The quantitative estimate of drug-likeness (QED) is 0.311. The predicted molar refractivity (Wildman–Crippen MR) is 128 cm³/mol. The normalized spacial score (nSPS) is 11.3. The summed E-state index contributed by atoms with van der Waals surface area (Å²) < 4.78 is 6.09. The fourth-order valence-corrected chi connectivity index (χ4v) is 3.92. The third-order valence-electron chi connectivity index (χ3n) is 5.61. The third-order valence-corrected chi connectivity index (χ3v) is 5.61. The number of hydrogen-bond donors (Lipinski definition) is 0. The predicted octanol–water partition coefficient (Wildman–Crippen LogP) is 7.08. The van der Waals surface area contributed by atoms with Gasteiger partial charge in [-0.3, -0.25) is 0 Å². The van der Waals surface area contributed by atoms with Gasteiger partial charge in [0.25, 0.3) is 0 Å². The second-order valence-electron chi connectivity index (χ2n) is 7.85. The van der Waals surface area contributed by atoms with E-state index in [1.165, 1.54) is 5.56 Å². The molecule has 0 spiro atoms. The highest BCUT2D eigenvalue weighted by Crippen LogP contribution is 2.32. The fourth-order valence-electron chi connectivity index (χ4n) is 3.92. The van der Waals surface area contributed by atoms with Gasteiger partial charge in [-0.2, -0.15) is 0 Å². The Morgan fingerprint density at radius 2 is 1.06 bits per heavy atom. The molecular formula is C28H19N3O. The van der Waals surface area contributed by atoms with Crippen LogP contribution in [0.1, 0.15) is 5.56 Å². The minimum atomic E-state index is 0.622. The number of para-hydroxylation sites is 1. The first-order valence-corrected chi connectivity index (χ1v) is 10.5. The van der Waals surface area contributed by atoms with Gasteiger partial charge in [-0.15, -0.1) is 0 Å². The molecule has 0 radical (unpaired) electrons. The number of aromatic nitrogens is 3. The van der Waals surface area contributed by atoms with Crippen LogP contribution in [0.2, 0.25) is 0 Å². The summed E-state index contributed by atoms with van der Waals surface area (Å²) in [7, 11) is 0. The van der Waals surface area contributed by atoms with Crippen LogP contribution in [0.3, 0.4) is 0 Å². The highest BCUT2D eigenvalue weighted by molar-refractivity contribution is 6.05. The largest absolute Gasteiger partial charge is 0.456 e. The van der Waals surface area contributed by atoms with Crippen molar-refractivity contribution < 1.29 is 4.42 Å². The number of rotatable bonds is 3. The van der Waals surface area contributed by atoms with Crippen molar-refractivity contribution >= 4 is 21.9 Å². The number of benzene rings is 4. The number of nitrogens with zero attached hydrogens (tertiary/aromatic N) is 3. The summed E-state index contributed by atoms with van der Waals surface area (Å²) >= 11 is 0. The maximum Gasteiger partial charge on any atom is 0.164 e. The third kappa shape index (κ3) is 3.22. The molecule has 0 saturated carbocycles. The van der Waals surface area contributed by atoms with Gasteiger partial charge in [-0.25, -0.2) is 15.0 Å². The van der Waals surface area contributed by atoms with Crippen LogP contribution < -0.4 is 0 Å². The number of hydrogen-bond acceptors (Lipinski definition) is 4. The molecule has 0 aliphatic carbocycles. The van der Waals surface area contributed by atoms with E-state index in [2.05, 4.69) is 31.2 Å². The van der Waals surface area contributed by atoms with Crippen molar-refractivity contribution in [3.05, 3.63) is 103 Å². The molecule has 0 aliphatic heterocycles. The Balaban J connectivity index is 1.55. The second kappa shape index (κ2) is 7.43. The van der Waals surface area contributed by atoms with Crippen LogP contribution in [0, 0.1) is 6.92 Å². The first-order chi connectivity index (χ1) is 15.7. The Morgan fingerprint density at radius 1 is 0.500 bits per heavy atom. The van der Waals surface area contributed by atoms with Crippen LogP contribution in [0.5, 0.6) is 0 Å². The van der Waals surface area contributed by atoms with Gasteiger partial charge in [0, 0.05) is 27.5 Å². The summed E-state index contributed by atoms with van der Waals surface area (Å²) in [5.74, 6) is 1.92. The molecule has 32 heavy (non-hydrogen) atoms. The van der Waals surface area contributed by atoms with Gasteiger partial charge in [0.05, 0.1) is 0 Å². The zero-order valence-electron chi connectivity index (χ0n) is 17.5. The van der Waals surface area contributed by atoms with Crippen molar-refractivity contribution in [2.75, 3.05) is 0 Å². The van der Waals surface area contributed by atoms with Crippen molar-refractivity contribution in [2.45, 2.75) is 6.92 Å². The Labute approximate surface area is 185 Å². The molecular weight excluding hydrogens is 394 g/mol. The highest BCUT2D eigenvalue weighted by Gasteiger charge is 2.14. The molecule has 4 nitrogen and oxygen atoms in total. The van der Waals surface area contributed by atoms with Gasteiger partial charge < -0.3 is 4.42 Å². The van der Waals surface area contributed by atoms with Crippen LogP contribution in [-0.2, 0) is 0 Å². The van der Waals surface area contributed by atoms with Crippen LogP contribution in [0.4, 0.5) is 0 Å². The minimum Gasteiger partial charge on any atom is -0.456 e. The van der Waals surface area contributed by atoms with Gasteiger partial charge in [0.1, 0.15) is 11.2 Å². The van der Waals surface area contributed by atoms with E-state index in [0.29, 0.717) is 17.5 Å². The van der Waals surface area contributed by atoms with Crippen LogP contribution in [-0.4, -0.2) is 15.0 Å². The molecule has 0 N–H and O–H groups in total. The summed E-state index contributed by atoms with van der Waals surface area (Å²) in [5.41, 5.74) is 5.70. The molecule has 0 fully saturated rings. The summed E-state index contributed by atoms with van der Waals surface area (Å²) in [4.78, 5) is 14.4. The Kier molecular flexibility index (Phi) is 4.29. The number of aryl methyl sites for hydroxylation is 1. The van der Waals surface area contributed by atoms with Gasteiger partial charge in [0.2, 0.25) is 0 Å². The first-order valence-electron chi connectivity index (χ1n) is 10.5. The van der Waals surface area contributed by atoms with Crippen molar-refractivity contribution in [3.8, 4) is 34.2 Å². The molecule has 6 aromatic rings. The Hall–Kier alpha value is -4.31. The summed E-state index contributed by atoms with van der Waals surface area (Å²) in [5, 5.41) is 2.19. The molecule has 4 aromatic carbocycles. The lowest BCUT2D eigenvalue weighted by Crippen LogP contribution is -2.00. The zero-order chi connectivity index (χ0) is 21.5. The van der Waals surface area contributed by atoms with Gasteiger partial charge in [-0.1, -0.05) is 84.4 Å². The average Bonchev–Trinajstić information content (AvgIpc) is 3.23. The van der Waals surface area contributed by atoms with Crippen molar-refractivity contribution in [3.63, 3.8) is 0 Å². The molecule has 6 rings (SSSR count). The van der Waals surface area contributed by atoms with E-state index in [1.807, 2.05) is 72.8 Å². The lowest BCUT2D eigenvalue weighted by atomic mass is 10.1. The van der Waals surface area contributed by atoms with E-state index >= 15 is 0 Å². The van der Waals surface area contributed by atoms with Crippen LogP contribution in [0.15, 0.2) is 101 Å². The molecule has 0 aliphatic rings. The van der Waals surface area contributed by atoms with Crippen LogP contribution in [0.25, 0.3) is 56.1 Å². The standard InChI is InChI=1S/C28H19N3O/c1-18-11-13-20(14-12-18)27-29-26(19-7-3-2-4-8-19)30-28(31-27)21-15-16-23-22-9-5-6-10-24(22)32-25(23)17-21/h2-17H,1H3. The maximum atomic E-state index is 6.09. The SMILES string of the molecule is Cc1ccc(-c2nc(-c3ccccc3)nc(-c3ccc4c(c3)oc3ccccc34)n2)cc1. The molecule has 0 unspecified atom stereocenters. The number of fused-ring (bicyclic) bond motifs is 3. The molecule has 0 saturated heterocycles. The van der Waals surface area contributed by atoms with Crippen molar-refractivity contribution in [1.82, 2.24) is 15.0 Å². The summed E-state index contributed by atoms with van der Waals surface area (Å²) in [6.07, 6.45) is 0. The maximum absolute atomic E-state index is 6.09. The monoisotopic (exact) mass is 413 g/mol. The van der Waals surface area contributed by atoms with E-state index in [4.69, 9.17) is 19.4 Å². The number of furan rings is 1. The molecule has 2 heterocycles. The van der Waals surface area contributed by atoms with E-state index in [9.17, 15) is 0 Å². The molecule has 2 aromatic heterocycles. The van der Waals surface area contributed by atoms with Gasteiger partial charge in [0.15, 0.2) is 17.5 Å². The first kappa shape index (κ1) is 18.5.